The molecule has 0 aliphatic rings. The van der Waals surface area contributed by atoms with Gasteiger partial charge in [0.15, 0.2) is 0 Å². The molecule has 1 atom stereocenters. The molecular formula is C8H6BrOS-. The number of benzene rings is 1. The fraction of sp³-hybridized carbons (Fsp3) is 0.125. The first kappa shape index (κ1) is 8.68. The van der Waals surface area contributed by atoms with Gasteiger partial charge in [0.25, 0.3) is 0 Å². The number of alkyl halides is 1. The van der Waals surface area contributed by atoms with Crippen molar-refractivity contribution in [2.45, 2.75) is 4.83 Å². The lowest BCUT2D eigenvalue weighted by atomic mass is 10.2. The lowest BCUT2D eigenvalue weighted by Crippen LogP contribution is -2.00. The Labute approximate surface area is 79.3 Å². The van der Waals surface area contributed by atoms with Gasteiger partial charge < -0.3 is 17.4 Å². The van der Waals surface area contributed by atoms with Crippen LogP contribution in [-0.4, -0.2) is 5.12 Å². The molecule has 0 saturated heterocycles. The summed E-state index contributed by atoms with van der Waals surface area (Å²) in [6.07, 6.45) is 0. The van der Waals surface area contributed by atoms with Crippen LogP contribution in [0.3, 0.4) is 0 Å². The van der Waals surface area contributed by atoms with E-state index in [1.807, 2.05) is 30.3 Å². The Morgan fingerprint density at radius 2 is 1.91 bits per heavy atom. The molecule has 0 fully saturated rings. The predicted molar refractivity (Wildman–Crippen MR) is 50.5 cm³/mol. The second-order valence-corrected chi connectivity index (χ2v) is 3.41. The minimum absolute atomic E-state index is 0.281. The predicted octanol–water partition coefficient (Wildman–Crippen LogP) is 2.20. The Morgan fingerprint density at radius 1 is 1.36 bits per heavy atom. The zero-order valence-corrected chi connectivity index (χ0v) is 8.06. The Balaban J connectivity index is 2.85. The topological polar surface area (TPSA) is 17.1 Å². The molecular weight excluding hydrogens is 224 g/mol. The SMILES string of the molecule is O=C([S-])C(Br)c1ccccc1. The Morgan fingerprint density at radius 3 is 2.36 bits per heavy atom. The van der Waals surface area contributed by atoms with Gasteiger partial charge in [-0.15, -0.1) is 0 Å². The van der Waals surface area contributed by atoms with Crippen LogP contribution in [-0.2, 0) is 17.4 Å². The van der Waals surface area contributed by atoms with Gasteiger partial charge in [0, 0.05) is 5.12 Å². The summed E-state index contributed by atoms with van der Waals surface area (Å²) in [6, 6.07) is 9.38. The fourth-order valence-electron chi connectivity index (χ4n) is 0.758. The highest BCUT2D eigenvalue weighted by Crippen LogP contribution is 2.22. The Kier molecular flexibility index (Phi) is 3.02. The Bertz CT molecular complexity index is 248. The molecule has 3 heteroatoms. The monoisotopic (exact) mass is 229 g/mol. The third-order valence-corrected chi connectivity index (χ3v) is 2.78. The first-order valence-electron chi connectivity index (χ1n) is 3.11. The van der Waals surface area contributed by atoms with E-state index in [9.17, 15) is 4.79 Å². The summed E-state index contributed by atoms with van der Waals surface area (Å²) in [5.41, 5.74) is 0.910. The normalized spacial score (nSPS) is 12.5. The van der Waals surface area contributed by atoms with Gasteiger partial charge in [-0.3, -0.25) is 0 Å². The first-order chi connectivity index (χ1) is 5.22. The van der Waals surface area contributed by atoms with Gasteiger partial charge in [-0.1, -0.05) is 46.3 Å². The van der Waals surface area contributed by atoms with Crippen LogP contribution in [0.15, 0.2) is 30.3 Å². The molecule has 1 unspecified atom stereocenters. The highest BCUT2D eigenvalue weighted by molar-refractivity contribution is 9.09. The number of hydrogen-bond donors (Lipinski definition) is 0. The molecule has 58 valence electrons. The molecule has 0 spiro atoms. The van der Waals surface area contributed by atoms with E-state index in [4.69, 9.17) is 0 Å². The van der Waals surface area contributed by atoms with E-state index in [0.29, 0.717) is 0 Å². The van der Waals surface area contributed by atoms with Gasteiger partial charge in [0.1, 0.15) is 0 Å². The molecule has 1 nitrogen and oxygen atoms in total. The third-order valence-electron chi connectivity index (χ3n) is 1.30. The van der Waals surface area contributed by atoms with E-state index in [2.05, 4.69) is 28.6 Å². The largest absolute Gasteiger partial charge is 0.740 e. The van der Waals surface area contributed by atoms with Crippen LogP contribution in [0.4, 0.5) is 0 Å². The third kappa shape index (κ3) is 2.27. The average molecular weight is 230 g/mol. The second kappa shape index (κ2) is 3.83. The molecule has 0 saturated carbocycles. The molecule has 0 radical (unpaired) electrons. The van der Waals surface area contributed by atoms with E-state index in [1.54, 1.807) is 0 Å². The molecule has 0 N–H and O–H groups in total. The summed E-state index contributed by atoms with van der Waals surface area (Å²) >= 11 is 7.69. The second-order valence-electron chi connectivity index (χ2n) is 2.09. The molecule has 0 amide bonds. The van der Waals surface area contributed by atoms with Crippen molar-refractivity contribution in [2.24, 2.45) is 0 Å². The van der Waals surface area contributed by atoms with Gasteiger partial charge >= 0.3 is 0 Å². The fourth-order valence-corrected chi connectivity index (χ4v) is 1.20. The molecule has 11 heavy (non-hydrogen) atoms. The minimum Gasteiger partial charge on any atom is -0.740 e. The summed E-state index contributed by atoms with van der Waals surface area (Å²) in [5, 5.41) is -0.281. The van der Waals surface area contributed by atoms with Crippen LogP contribution in [0.1, 0.15) is 10.4 Å². The van der Waals surface area contributed by atoms with E-state index in [0.717, 1.165) is 5.56 Å². The van der Waals surface area contributed by atoms with Gasteiger partial charge in [-0.25, -0.2) is 0 Å². The van der Waals surface area contributed by atoms with Crippen molar-refractivity contribution in [2.75, 3.05) is 0 Å². The van der Waals surface area contributed by atoms with E-state index in [1.165, 1.54) is 0 Å². The average Bonchev–Trinajstić information content (AvgIpc) is 2.05. The smallest absolute Gasteiger partial charge is 0.0762 e. The highest BCUT2D eigenvalue weighted by Gasteiger charge is 2.04. The van der Waals surface area contributed by atoms with Gasteiger partial charge in [0.05, 0.1) is 4.83 Å². The molecule has 0 aliphatic heterocycles. The van der Waals surface area contributed by atoms with Gasteiger partial charge in [-0.2, -0.15) is 0 Å². The van der Waals surface area contributed by atoms with Crippen molar-refractivity contribution in [3.8, 4) is 0 Å². The van der Waals surface area contributed by atoms with E-state index < -0.39 is 0 Å². The highest BCUT2D eigenvalue weighted by atomic mass is 79.9. The quantitative estimate of drug-likeness (QED) is 0.572. The van der Waals surface area contributed by atoms with Crippen molar-refractivity contribution in [1.29, 1.82) is 0 Å². The number of carbonyl (C=O) groups excluding carboxylic acids is 1. The summed E-state index contributed by atoms with van der Waals surface area (Å²) in [5.74, 6) is 0. The van der Waals surface area contributed by atoms with E-state index >= 15 is 0 Å². The van der Waals surface area contributed by atoms with Crippen LogP contribution in [0.2, 0.25) is 0 Å². The summed E-state index contributed by atoms with van der Waals surface area (Å²) in [7, 11) is 0. The zero-order chi connectivity index (χ0) is 8.27. The maximum Gasteiger partial charge on any atom is 0.0762 e. The number of hydrogen-bond acceptors (Lipinski definition) is 2. The molecule has 0 aromatic heterocycles. The van der Waals surface area contributed by atoms with Crippen molar-refractivity contribution < 1.29 is 4.79 Å². The maximum absolute atomic E-state index is 10.7. The summed E-state index contributed by atoms with van der Waals surface area (Å²) < 4.78 is 0. The summed E-state index contributed by atoms with van der Waals surface area (Å²) in [4.78, 5) is 10.4. The molecule has 0 aliphatic carbocycles. The van der Waals surface area contributed by atoms with Crippen LogP contribution < -0.4 is 0 Å². The molecule has 1 aromatic rings. The molecule has 0 heterocycles. The van der Waals surface area contributed by atoms with Crippen molar-refractivity contribution in [1.82, 2.24) is 0 Å². The van der Waals surface area contributed by atoms with Crippen molar-refractivity contribution >= 4 is 33.7 Å². The number of rotatable bonds is 2. The van der Waals surface area contributed by atoms with Crippen molar-refractivity contribution in [3.63, 3.8) is 0 Å². The standard InChI is InChI=1S/C8H7BrOS/c9-7(8(10)11)6-4-2-1-3-5-6/h1-5,7H,(H,10,11)/p-1. The van der Waals surface area contributed by atoms with E-state index in [-0.39, 0.29) is 9.94 Å². The first-order valence-corrected chi connectivity index (χ1v) is 4.44. The number of halogens is 1. The molecule has 1 aromatic carbocycles. The van der Waals surface area contributed by atoms with Crippen molar-refractivity contribution in [3.05, 3.63) is 35.9 Å². The van der Waals surface area contributed by atoms with Gasteiger partial charge in [0.2, 0.25) is 0 Å². The van der Waals surface area contributed by atoms with Gasteiger partial charge in [-0.05, 0) is 5.56 Å². The van der Waals surface area contributed by atoms with Crippen LogP contribution >= 0.6 is 15.9 Å². The van der Waals surface area contributed by atoms with Crippen LogP contribution in [0, 0.1) is 0 Å². The molecule has 0 bridgehead atoms. The Hall–Kier alpha value is -0.410. The summed E-state index contributed by atoms with van der Waals surface area (Å²) in [6.45, 7) is 0. The van der Waals surface area contributed by atoms with Crippen LogP contribution in [0.25, 0.3) is 0 Å². The number of carbonyl (C=O) groups is 1. The molecule has 1 rings (SSSR count). The minimum atomic E-state index is -0.335. The maximum atomic E-state index is 10.7. The lowest BCUT2D eigenvalue weighted by Gasteiger charge is -2.11. The zero-order valence-electron chi connectivity index (χ0n) is 5.66. The van der Waals surface area contributed by atoms with Crippen LogP contribution in [0.5, 0.6) is 0 Å². The lowest BCUT2D eigenvalue weighted by molar-refractivity contribution is -0.110.